The summed E-state index contributed by atoms with van der Waals surface area (Å²) in [6.07, 6.45) is 5.03. The van der Waals surface area contributed by atoms with Crippen LogP contribution in [-0.2, 0) is 49.4 Å². The van der Waals surface area contributed by atoms with E-state index in [-0.39, 0.29) is 41.8 Å². The lowest BCUT2D eigenvalue weighted by Gasteiger charge is -2.27. The van der Waals surface area contributed by atoms with Crippen molar-refractivity contribution in [1.29, 1.82) is 0 Å². The summed E-state index contributed by atoms with van der Waals surface area (Å²) in [6, 6.07) is 15.4. The molecule has 5 rings (SSSR count). The van der Waals surface area contributed by atoms with Crippen molar-refractivity contribution in [2.24, 2.45) is 0 Å². The van der Waals surface area contributed by atoms with E-state index in [0.29, 0.717) is 32.0 Å². The van der Waals surface area contributed by atoms with Gasteiger partial charge in [0.15, 0.2) is 0 Å². The number of amides is 1. The number of carbonyl (C=O) groups is 1. The van der Waals surface area contributed by atoms with E-state index in [2.05, 4.69) is 4.98 Å². The standard InChI is InChI=1S/C29H34FN3O5S/c30-27-13-5-4-10-23(27)21-39(35,36)29-31-17-24(33(29)20-26-12-7-15-38-26)18-32(19-25-11-6-14-37-25)28(34)16-22-8-2-1-3-9-22/h1-5,8-10,13,17,25-26H,6-7,11-12,14-16,18-21H2. The first-order chi connectivity index (χ1) is 18.9. The molecule has 2 saturated heterocycles. The largest absolute Gasteiger partial charge is 0.376 e. The highest BCUT2D eigenvalue weighted by Crippen LogP contribution is 2.24. The van der Waals surface area contributed by atoms with Gasteiger partial charge in [-0.3, -0.25) is 4.79 Å². The molecule has 1 amide bonds. The van der Waals surface area contributed by atoms with Gasteiger partial charge in [-0.15, -0.1) is 0 Å². The molecule has 2 aliphatic rings. The predicted molar refractivity (Wildman–Crippen MR) is 143 cm³/mol. The number of benzene rings is 2. The molecule has 3 heterocycles. The number of aromatic nitrogens is 2. The average Bonchev–Trinajstić information content (AvgIpc) is 3.70. The van der Waals surface area contributed by atoms with Crippen molar-refractivity contribution in [2.45, 2.75) is 68.3 Å². The quantitative estimate of drug-likeness (QED) is 0.356. The number of halogens is 1. The Kier molecular flexibility index (Phi) is 8.74. The van der Waals surface area contributed by atoms with Gasteiger partial charge in [0.25, 0.3) is 0 Å². The first-order valence-electron chi connectivity index (χ1n) is 13.4. The minimum atomic E-state index is -3.99. The Morgan fingerprint density at radius 2 is 1.69 bits per heavy atom. The van der Waals surface area contributed by atoms with Gasteiger partial charge in [0.1, 0.15) is 5.82 Å². The summed E-state index contributed by atoms with van der Waals surface area (Å²) in [4.78, 5) is 19.5. The van der Waals surface area contributed by atoms with E-state index >= 15 is 0 Å². The van der Waals surface area contributed by atoms with E-state index in [4.69, 9.17) is 9.47 Å². The Morgan fingerprint density at radius 3 is 2.38 bits per heavy atom. The number of nitrogens with zero attached hydrogens (tertiary/aromatic N) is 3. The topological polar surface area (TPSA) is 90.7 Å². The van der Waals surface area contributed by atoms with Crippen LogP contribution in [0.25, 0.3) is 0 Å². The molecule has 0 spiro atoms. The maximum atomic E-state index is 14.3. The Balaban J connectivity index is 1.44. The van der Waals surface area contributed by atoms with Crippen molar-refractivity contribution < 1.29 is 27.1 Å². The number of ether oxygens (including phenoxy) is 2. The van der Waals surface area contributed by atoms with E-state index in [9.17, 15) is 17.6 Å². The second kappa shape index (κ2) is 12.4. The SMILES string of the molecule is O=C(Cc1ccccc1)N(Cc1cnc(S(=O)(=O)Cc2ccccc2F)n1CC1CCCO1)CC1CCCO1. The number of sulfone groups is 1. The molecule has 0 aliphatic carbocycles. The summed E-state index contributed by atoms with van der Waals surface area (Å²) >= 11 is 0. The zero-order valence-corrected chi connectivity index (χ0v) is 22.7. The summed E-state index contributed by atoms with van der Waals surface area (Å²) in [6.45, 7) is 2.17. The van der Waals surface area contributed by atoms with Crippen LogP contribution in [0.2, 0.25) is 0 Å². The number of hydrogen-bond acceptors (Lipinski definition) is 6. The molecular weight excluding hydrogens is 521 g/mol. The monoisotopic (exact) mass is 555 g/mol. The Hall–Kier alpha value is -3.08. The molecule has 208 valence electrons. The molecule has 2 unspecified atom stereocenters. The fourth-order valence-electron chi connectivity index (χ4n) is 5.20. The summed E-state index contributed by atoms with van der Waals surface area (Å²) in [7, 11) is -3.99. The van der Waals surface area contributed by atoms with Gasteiger partial charge in [-0.2, -0.15) is 0 Å². The maximum Gasteiger partial charge on any atom is 0.228 e. The Bertz CT molecular complexity index is 1370. The van der Waals surface area contributed by atoms with Crippen LogP contribution in [0.5, 0.6) is 0 Å². The van der Waals surface area contributed by atoms with Crippen molar-refractivity contribution >= 4 is 15.7 Å². The molecule has 2 atom stereocenters. The minimum absolute atomic E-state index is 0.0662. The van der Waals surface area contributed by atoms with Gasteiger partial charge in [0, 0.05) is 25.3 Å². The smallest absolute Gasteiger partial charge is 0.228 e. The van der Waals surface area contributed by atoms with Crippen molar-refractivity contribution in [3.63, 3.8) is 0 Å². The molecular formula is C29H34FN3O5S. The van der Waals surface area contributed by atoms with Crippen LogP contribution in [0.4, 0.5) is 4.39 Å². The molecule has 1 aromatic heterocycles. The minimum Gasteiger partial charge on any atom is -0.376 e. The van der Waals surface area contributed by atoms with Crippen LogP contribution in [-0.4, -0.2) is 60.7 Å². The van der Waals surface area contributed by atoms with Crippen LogP contribution in [0.3, 0.4) is 0 Å². The Morgan fingerprint density at radius 1 is 1.00 bits per heavy atom. The maximum absolute atomic E-state index is 14.3. The van der Waals surface area contributed by atoms with E-state index in [1.165, 1.54) is 24.4 Å². The van der Waals surface area contributed by atoms with E-state index in [1.807, 2.05) is 30.3 Å². The summed E-state index contributed by atoms with van der Waals surface area (Å²) in [5.41, 5.74) is 1.58. The molecule has 10 heteroatoms. The summed E-state index contributed by atoms with van der Waals surface area (Å²) in [5, 5.41) is -0.135. The van der Waals surface area contributed by atoms with E-state index in [1.54, 1.807) is 15.5 Å². The average molecular weight is 556 g/mol. The molecule has 3 aromatic rings. The first kappa shape index (κ1) is 27.5. The lowest BCUT2D eigenvalue weighted by Crippen LogP contribution is -2.38. The number of rotatable bonds is 11. The molecule has 0 saturated carbocycles. The van der Waals surface area contributed by atoms with Crippen LogP contribution >= 0.6 is 0 Å². The fraction of sp³-hybridized carbons (Fsp3) is 0.448. The van der Waals surface area contributed by atoms with Gasteiger partial charge in [0.2, 0.25) is 20.9 Å². The number of imidazole rings is 1. The van der Waals surface area contributed by atoms with Crippen LogP contribution in [0.1, 0.15) is 42.5 Å². The summed E-state index contributed by atoms with van der Waals surface area (Å²) < 4.78 is 54.6. The van der Waals surface area contributed by atoms with E-state index < -0.39 is 21.4 Å². The molecule has 2 aromatic carbocycles. The van der Waals surface area contributed by atoms with Crippen LogP contribution in [0.15, 0.2) is 66.0 Å². The highest BCUT2D eigenvalue weighted by Gasteiger charge is 2.30. The predicted octanol–water partition coefficient (Wildman–Crippen LogP) is 3.93. The van der Waals surface area contributed by atoms with Crippen molar-refractivity contribution in [3.8, 4) is 0 Å². The first-order valence-corrected chi connectivity index (χ1v) is 15.1. The normalized spacial score (nSPS) is 19.4. The van der Waals surface area contributed by atoms with Crippen LogP contribution < -0.4 is 0 Å². The van der Waals surface area contributed by atoms with Crippen LogP contribution in [0, 0.1) is 5.82 Å². The molecule has 0 bridgehead atoms. The second-order valence-electron chi connectivity index (χ2n) is 10.2. The van der Waals surface area contributed by atoms with Gasteiger partial charge in [-0.05, 0) is 37.3 Å². The molecule has 39 heavy (non-hydrogen) atoms. The third-order valence-corrected chi connectivity index (χ3v) is 8.82. The molecule has 0 radical (unpaired) electrons. The van der Waals surface area contributed by atoms with Crippen molar-refractivity contribution in [1.82, 2.24) is 14.5 Å². The fourth-order valence-corrected chi connectivity index (χ4v) is 6.72. The zero-order chi connectivity index (χ0) is 27.2. The van der Waals surface area contributed by atoms with Crippen molar-refractivity contribution in [2.75, 3.05) is 19.8 Å². The number of hydrogen-bond donors (Lipinski definition) is 0. The number of carbonyl (C=O) groups excluding carboxylic acids is 1. The zero-order valence-electron chi connectivity index (χ0n) is 21.9. The van der Waals surface area contributed by atoms with Crippen molar-refractivity contribution in [3.05, 3.63) is 83.4 Å². The lowest BCUT2D eigenvalue weighted by atomic mass is 10.1. The third kappa shape index (κ3) is 6.93. The molecule has 0 N–H and O–H groups in total. The molecule has 2 aliphatic heterocycles. The lowest BCUT2D eigenvalue weighted by molar-refractivity contribution is -0.132. The van der Waals surface area contributed by atoms with E-state index in [0.717, 1.165) is 31.2 Å². The van der Waals surface area contributed by atoms with Gasteiger partial charge >= 0.3 is 0 Å². The molecule has 8 nitrogen and oxygen atoms in total. The highest BCUT2D eigenvalue weighted by molar-refractivity contribution is 7.90. The van der Waals surface area contributed by atoms with Gasteiger partial charge in [-0.25, -0.2) is 17.8 Å². The highest BCUT2D eigenvalue weighted by atomic mass is 32.2. The summed E-state index contributed by atoms with van der Waals surface area (Å²) in [5.74, 6) is -1.15. The third-order valence-electron chi connectivity index (χ3n) is 7.25. The van der Waals surface area contributed by atoms with Gasteiger partial charge in [0.05, 0.1) is 49.4 Å². The van der Waals surface area contributed by atoms with Gasteiger partial charge < -0.3 is 18.9 Å². The second-order valence-corrected chi connectivity index (χ2v) is 12.1. The van der Waals surface area contributed by atoms with Gasteiger partial charge in [-0.1, -0.05) is 48.5 Å². The molecule has 2 fully saturated rings. The Labute approximate surface area is 228 Å².